The summed E-state index contributed by atoms with van der Waals surface area (Å²) in [5, 5.41) is 0.925. The van der Waals surface area contributed by atoms with E-state index in [2.05, 4.69) is 31.9 Å². The van der Waals surface area contributed by atoms with Gasteiger partial charge in [-0.2, -0.15) is 0 Å². The number of rotatable bonds is 4. The number of hydrogen-bond donors (Lipinski definition) is 0. The standard InChI is InChI=1S/C12H6Br2Cl2O2S/c13-11-4-7(12(14)19-11)9(17)5-18-10-3-6(15)1-2-8(10)16/h1-4H,5H2. The van der Waals surface area contributed by atoms with Gasteiger partial charge in [0.1, 0.15) is 5.75 Å². The van der Waals surface area contributed by atoms with Crippen LogP contribution in [0.25, 0.3) is 0 Å². The fraction of sp³-hybridized carbons (Fsp3) is 0.0833. The highest BCUT2D eigenvalue weighted by atomic mass is 79.9. The molecule has 2 nitrogen and oxygen atoms in total. The van der Waals surface area contributed by atoms with E-state index in [0.29, 0.717) is 21.4 Å². The minimum atomic E-state index is -0.134. The van der Waals surface area contributed by atoms with Crippen LogP contribution in [0.3, 0.4) is 0 Å². The Bertz CT molecular complexity index is 628. The summed E-state index contributed by atoms with van der Waals surface area (Å²) in [6.45, 7) is -0.0954. The zero-order valence-corrected chi connectivity index (χ0v) is 14.8. The molecule has 0 unspecified atom stereocenters. The fourth-order valence-electron chi connectivity index (χ4n) is 1.34. The number of halogens is 4. The zero-order chi connectivity index (χ0) is 14.0. The molecule has 0 amide bonds. The first-order valence-electron chi connectivity index (χ1n) is 5.03. The van der Waals surface area contributed by atoms with Gasteiger partial charge < -0.3 is 4.74 Å². The topological polar surface area (TPSA) is 26.3 Å². The predicted octanol–water partition coefficient (Wildman–Crippen LogP) is 5.84. The van der Waals surface area contributed by atoms with E-state index in [1.54, 1.807) is 24.3 Å². The number of carbonyl (C=O) groups excluding carboxylic acids is 1. The Labute approximate surface area is 140 Å². The van der Waals surface area contributed by atoms with E-state index >= 15 is 0 Å². The average molecular weight is 445 g/mol. The number of carbonyl (C=O) groups is 1. The smallest absolute Gasteiger partial charge is 0.202 e. The highest BCUT2D eigenvalue weighted by Gasteiger charge is 2.15. The van der Waals surface area contributed by atoms with Crippen molar-refractivity contribution in [1.82, 2.24) is 0 Å². The molecule has 0 radical (unpaired) electrons. The van der Waals surface area contributed by atoms with E-state index in [-0.39, 0.29) is 12.4 Å². The van der Waals surface area contributed by atoms with Crippen molar-refractivity contribution in [3.05, 3.63) is 47.4 Å². The monoisotopic (exact) mass is 442 g/mol. The summed E-state index contributed by atoms with van der Waals surface area (Å²) in [6.07, 6.45) is 0. The molecule has 1 aromatic carbocycles. The van der Waals surface area contributed by atoms with E-state index in [1.165, 1.54) is 11.3 Å². The first-order valence-corrected chi connectivity index (χ1v) is 8.19. The lowest BCUT2D eigenvalue weighted by atomic mass is 10.2. The summed E-state index contributed by atoms with van der Waals surface area (Å²) < 4.78 is 7.05. The molecule has 0 saturated carbocycles. The third-order valence-corrected chi connectivity index (χ3v) is 5.10. The van der Waals surface area contributed by atoms with E-state index < -0.39 is 0 Å². The average Bonchev–Trinajstić information content (AvgIpc) is 2.69. The normalized spacial score (nSPS) is 10.5. The zero-order valence-electron chi connectivity index (χ0n) is 9.25. The molecule has 100 valence electrons. The molecule has 2 rings (SSSR count). The maximum Gasteiger partial charge on any atom is 0.202 e. The summed E-state index contributed by atoms with van der Waals surface area (Å²) in [5.74, 6) is 0.262. The van der Waals surface area contributed by atoms with Gasteiger partial charge in [-0.15, -0.1) is 11.3 Å². The molecule has 0 atom stereocenters. The van der Waals surface area contributed by atoms with Gasteiger partial charge in [0.2, 0.25) is 5.78 Å². The van der Waals surface area contributed by atoms with Crippen LogP contribution in [0.5, 0.6) is 5.75 Å². The number of benzene rings is 1. The molecule has 2 aromatic rings. The van der Waals surface area contributed by atoms with E-state index in [9.17, 15) is 4.79 Å². The first kappa shape index (κ1) is 15.3. The third kappa shape index (κ3) is 3.95. The maximum absolute atomic E-state index is 12.0. The molecule has 0 aliphatic heterocycles. The van der Waals surface area contributed by atoms with Gasteiger partial charge in [0.05, 0.1) is 12.6 Å². The second-order valence-electron chi connectivity index (χ2n) is 3.52. The Morgan fingerprint density at radius 2 is 2.00 bits per heavy atom. The van der Waals surface area contributed by atoms with Crippen molar-refractivity contribution in [3.63, 3.8) is 0 Å². The number of Topliss-reactive ketones (excluding diaryl/α,β-unsaturated/α-hetero) is 1. The highest BCUT2D eigenvalue weighted by molar-refractivity contribution is 9.12. The van der Waals surface area contributed by atoms with Gasteiger partial charge in [0, 0.05) is 16.7 Å². The summed E-state index contributed by atoms with van der Waals surface area (Å²) in [6, 6.07) is 6.61. The van der Waals surface area contributed by atoms with Crippen LogP contribution in [0.2, 0.25) is 10.0 Å². The van der Waals surface area contributed by atoms with Gasteiger partial charge in [0.15, 0.2) is 6.61 Å². The van der Waals surface area contributed by atoms with Gasteiger partial charge in [-0.1, -0.05) is 23.2 Å². The van der Waals surface area contributed by atoms with Crippen molar-refractivity contribution in [2.24, 2.45) is 0 Å². The number of hydrogen-bond acceptors (Lipinski definition) is 3. The second-order valence-corrected chi connectivity index (χ2v) is 8.12. The van der Waals surface area contributed by atoms with Crippen molar-refractivity contribution >= 4 is 72.2 Å². The van der Waals surface area contributed by atoms with Crippen LogP contribution < -0.4 is 4.74 Å². The quantitative estimate of drug-likeness (QED) is 0.553. The SMILES string of the molecule is O=C(COc1cc(Cl)ccc1Cl)c1cc(Br)sc1Br. The maximum atomic E-state index is 12.0. The summed E-state index contributed by atoms with van der Waals surface area (Å²) in [5.41, 5.74) is 0.579. The van der Waals surface area contributed by atoms with Gasteiger partial charge in [0.25, 0.3) is 0 Å². The predicted molar refractivity (Wildman–Crippen MR) is 86.0 cm³/mol. The Balaban J connectivity index is 2.08. The molecule has 0 aliphatic carbocycles. The summed E-state index contributed by atoms with van der Waals surface area (Å²) in [7, 11) is 0. The minimum Gasteiger partial charge on any atom is -0.484 e. The van der Waals surface area contributed by atoms with Crippen LogP contribution in [0, 0.1) is 0 Å². The number of thiophene rings is 1. The molecule has 1 aromatic heterocycles. The van der Waals surface area contributed by atoms with E-state index in [0.717, 1.165) is 7.57 Å². The van der Waals surface area contributed by atoms with Crippen molar-refractivity contribution in [2.75, 3.05) is 6.61 Å². The minimum absolute atomic E-state index is 0.0954. The summed E-state index contributed by atoms with van der Waals surface area (Å²) >= 11 is 19.9. The molecule has 0 fully saturated rings. The molecule has 1 heterocycles. The van der Waals surface area contributed by atoms with Gasteiger partial charge in [-0.05, 0) is 50.1 Å². The molecule has 0 aliphatic rings. The molecule has 0 saturated heterocycles. The van der Waals surface area contributed by atoms with Gasteiger partial charge in [-0.25, -0.2) is 0 Å². The Kier molecular flexibility index (Phi) is 5.31. The van der Waals surface area contributed by atoms with Crippen molar-refractivity contribution in [3.8, 4) is 5.75 Å². The van der Waals surface area contributed by atoms with Crippen LogP contribution in [0.4, 0.5) is 0 Å². The number of ketones is 1. The van der Waals surface area contributed by atoms with Crippen molar-refractivity contribution in [1.29, 1.82) is 0 Å². The molecular weight excluding hydrogens is 439 g/mol. The lowest BCUT2D eigenvalue weighted by molar-refractivity contribution is 0.0921. The summed E-state index contributed by atoms with van der Waals surface area (Å²) in [4.78, 5) is 12.0. The lowest BCUT2D eigenvalue weighted by Gasteiger charge is -2.07. The lowest BCUT2D eigenvalue weighted by Crippen LogP contribution is -2.11. The van der Waals surface area contributed by atoms with Crippen molar-refractivity contribution in [2.45, 2.75) is 0 Å². The largest absolute Gasteiger partial charge is 0.484 e. The van der Waals surface area contributed by atoms with Gasteiger partial charge in [-0.3, -0.25) is 4.79 Å². The Hall–Kier alpha value is -0.0700. The highest BCUT2D eigenvalue weighted by Crippen LogP contribution is 2.32. The van der Waals surface area contributed by atoms with Crippen LogP contribution in [0.1, 0.15) is 10.4 Å². The molecule has 19 heavy (non-hydrogen) atoms. The van der Waals surface area contributed by atoms with E-state index in [4.69, 9.17) is 27.9 Å². The van der Waals surface area contributed by atoms with E-state index in [1.807, 2.05) is 0 Å². The van der Waals surface area contributed by atoms with Gasteiger partial charge >= 0.3 is 0 Å². The molecular formula is C12H6Br2Cl2O2S. The van der Waals surface area contributed by atoms with Crippen LogP contribution in [-0.2, 0) is 0 Å². The Morgan fingerprint density at radius 1 is 1.26 bits per heavy atom. The third-order valence-electron chi connectivity index (χ3n) is 2.21. The fourth-order valence-corrected chi connectivity index (χ4v) is 4.53. The number of ether oxygens (including phenoxy) is 1. The molecule has 0 N–H and O–H groups in total. The van der Waals surface area contributed by atoms with Crippen LogP contribution >= 0.6 is 66.4 Å². The molecule has 7 heteroatoms. The Morgan fingerprint density at radius 3 is 2.63 bits per heavy atom. The molecule has 0 spiro atoms. The first-order chi connectivity index (χ1) is 8.97. The van der Waals surface area contributed by atoms with Crippen molar-refractivity contribution < 1.29 is 9.53 Å². The molecule has 0 bridgehead atoms. The van der Waals surface area contributed by atoms with Crippen LogP contribution in [-0.4, -0.2) is 12.4 Å². The van der Waals surface area contributed by atoms with Crippen LogP contribution in [0.15, 0.2) is 31.8 Å². The second kappa shape index (κ2) is 6.59.